The number of rotatable bonds is 3. The van der Waals surface area contributed by atoms with Crippen molar-refractivity contribution < 1.29 is 0 Å². The quantitative estimate of drug-likeness (QED) is 0.887. The van der Waals surface area contributed by atoms with Crippen LogP contribution in [0.25, 0.3) is 0 Å². The average Bonchev–Trinajstić information content (AvgIpc) is 2.65. The minimum atomic E-state index is -0.0933. The van der Waals surface area contributed by atoms with Gasteiger partial charge in [0.1, 0.15) is 17.5 Å². The van der Waals surface area contributed by atoms with Gasteiger partial charge in [-0.2, -0.15) is 0 Å². The molecule has 0 aliphatic heterocycles. The summed E-state index contributed by atoms with van der Waals surface area (Å²) in [6.07, 6.45) is 0. The van der Waals surface area contributed by atoms with Gasteiger partial charge in [0.15, 0.2) is 0 Å². The van der Waals surface area contributed by atoms with Crippen molar-refractivity contribution in [2.24, 2.45) is 16.7 Å². The van der Waals surface area contributed by atoms with Crippen LogP contribution in [0.3, 0.4) is 0 Å². The lowest BCUT2D eigenvalue weighted by Gasteiger charge is -2.18. The maximum atomic E-state index is 5.89. The Morgan fingerprint density at radius 1 is 1.15 bits per heavy atom. The van der Waals surface area contributed by atoms with Crippen LogP contribution in [-0.4, -0.2) is 16.5 Å². The van der Waals surface area contributed by atoms with Crippen molar-refractivity contribution in [2.75, 3.05) is 17.6 Å². The summed E-state index contributed by atoms with van der Waals surface area (Å²) in [5.41, 5.74) is 6.56. The molecule has 0 unspecified atom stereocenters. The highest BCUT2D eigenvalue weighted by molar-refractivity contribution is 5.45. The van der Waals surface area contributed by atoms with E-state index >= 15 is 0 Å². The largest absolute Gasteiger partial charge is 0.384 e. The first-order chi connectivity index (χ1) is 8.96. The zero-order valence-corrected chi connectivity index (χ0v) is 13.8. The van der Waals surface area contributed by atoms with E-state index in [1.165, 1.54) is 0 Å². The van der Waals surface area contributed by atoms with E-state index in [4.69, 9.17) is 5.73 Å². The van der Waals surface area contributed by atoms with Crippen LogP contribution in [0.15, 0.2) is 6.07 Å². The molecule has 2 rings (SSSR count). The summed E-state index contributed by atoms with van der Waals surface area (Å²) in [6, 6.07) is 1.82. The van der Waals surface area contributed by atoms with Gasteiger partial charge in [0, 0.05) is 18.0 Å². The number of nitrogens with two attached hydrogens (primary N) is 1. The predicted octanol–water partition coefficient (Wildman–Crippen LogP) is 3.45. The van der Waals surface area contributed by atoms with E-state index in [0.29, 0.717) is 22.6 Å². The Morgan fingerprint density at radius 3 is 2.15 bits per heavy atom. The van der Waals surface area contributed by atoms with E-state index < -0.39 is 0 Å². The maximum absolute atomic E-state index is 5.89. The molecule has 1 fully saturated rings. The molecule has 1 heterocycles. The van der Waals surface area contributed by atoms with Gasteiger partial charge in [0.05, 0.1) is 0 Å². The lowest BCUT2D eigenvalue weighted by Crippen LogP contribution is -2.19. The molecule has 0 radical (unpaired) electrons. The number of nitrogens with one attached hydrogen (secondary N) is 1. The van der Waals surface area contributed by atoms with Crippen molar-refractivity contribution in [3.63, 3.8) is 0 Å². The van der Waals surface area contributed by atoms with E-state index in [1.807, 2.05) is 6.07 Å². The van der Waals surface area contributed by atoms with Gasteiger partial charge in [-0.1, -0.05) is 48.5 Å². The Labute approximate surface area is 122 Å². The van der Waals surface area contributed by atoms with E-state index in [9.17, 15) is 0 Å². The van der Waals surface area contributed by atoms with Gasteiger partial charge in [0.2, 0.25) is 0 Å². The van der Waals surface area contributed by atoms with E-state index in [1.54, 1.807) is 0 Å². The number of nitrogen functional groups attached to an aromatic ring is 1. The molecule has 1 aromatic rings. The molecule has 0 saturated heterocycles. The molecule has 0 atom stereocenters. The fraction of sp³-hybridized carbons (Fsp3) is 0.750. The average molecular weight is 276 g/mol. The predicted molar refractivity (Wildman–Crippen MR) is 84.7 cm³/mol. The molecule has 4 heteroatoms. The summed E-state index contributed by atoms with van der Waals surface area (Å²) in [5, 5.41) is 3.44. The molecule has 4 nitrogen and oxygen atoms in total. The summed E-state index contributed by atoms with van der Waals surface area (Å²) < 4.78 is 0. The number of aromatic nitrogens is 2. The third-order valence-electron chi connectivity index (χ3n) is 5.22. The molecule has 0 bridgehead atoms. The van der Waals surface area contributed by atoms with Gasteiger partial charge in [-0.3, -0.25) is 0 Å². The molecule has 112 valence electrons. The fourth-order valence-electron chi connectivity index (χ4n) is 2.94. The number of hydrogen-bond donors (Lipinski definition) is 2. The fourth-order valence-corrected chi connectivity index (χ4v) is 2.94. The smallest absolute Gasteiger partial charge is 0.138 e. The third kappa shape index (κ3) is 2.48. The van der Waals surface area contributed by atoms with Crippen LogP contribution in [0, 0.1) is 16.7 Å². The molecular formula is C16H28N4. The van der Waals surface area contributed by atoms with Crippen molar-refractivity contribution in [3.8, 4) is 0 Å². The third-order valence-corrected chi connectivity index (χ3v) is 5.22. The van der Waals surface area contributed by atoms with Crippen LogP contribution >= 0.6 is 0 Å². The van der Waals surface area contributed by atoms with Crippen LogP contribution in [-0.2, 0) is 5.41 Å². The second kappa shape index (κ2) is 4.34. The molecule has 1 aromatic heterocycles. The molecule has 0 spiro atoms. The lowest BCUT2D eigenvalue weighted by atomic mass is 9.96. The van der Waals surface area contributed by atoms with Crippen molar-refractivity contribution in [2.45, 2.75) is 53.9 Å². The Kier molecular flexibility index (Phi) is 3.27. The van der Waals surface area contributed by atoms with Crippen molar-refractivity contribution in [3.05, 3.63) is 11.9 Å². The van der Waals surface area contributed by atoms with E-state index in [-0.39, 0.29) is 5.41 Å². The van der Waals surface area contributed by atoms with Gasteiger partial charge in [-0.25, -0.2) is 9.97 Å². The van der Waals surface area contributed by atoms with Crippen LogP contribution < -0.4 is 11.1 Å². The zero-order valence-electron chi connectivity index (χ0n) is 13.8. The highest BCUT2D eigenvalue weighted by Gasteiger charge is 2.64. The Bertz CT molecular complexity index is 498. The molecule has 0 aromatic carbocycles. The number of anilines is 2. The first-order valence-corrected chi connectivity index (χ1v) is 7.35. The van der Waals surface area contributed by atoms with Crippen molar-refractivity contribution in [1.29, 1.82) is 0 Å². The van der Waals surface area contributed by atoms with Gasteiger partial charge in [-0.15, -0.1) is 0 Å². The Balaban J connectivity index is 2.10. The second-order valence-corrected chi connectivity index (χ2v) is 8.13. The molecule has 1 saturated carbocycles. The Morgan fingerprint density at radius 2 is 1.70 bits per heavy atom. The van der Waals surface area contributed by atoms with Crippen LogP contribution in [0.5, 0.6) is 0 Å². The van der Waals surface area contributed by atoms with Crippen LogP contribution in [0.4, 0.5) is 11.6 Å². The first kappa shape index (κ1) is 15.1. The summed E-state index contributed by atoms with van der Waals surface area (Å²) >= 11 is 0. The SMILES string of the molecule is CC(C)(C)c1nc(N)cc(NCC2C(C)(C)C2(C)C)n1. The number of nitrogens with zero attached hydrogens (tertiary/aromatic N) is 2. The minimum absolute atomic E-state index is 0.0933. The molecule has 3 N–H and O–H groups in total. The second-order valence-electron chi connectivity index (χ2n) is 8.13. The summed E-state index contributed by atoms with van der Waals surface area (Å²) in [4.78, 5) is 8.93. The highest BCUT2D eigenvalue weighted by Crippen LogP contribution is 2.68. The molecule has 0 amide bonds. The molecular weight excluding hydrogens is 248 g/mol. The van der Waals surface area contributed by atoms with Gasteiger partial charge < -0.3 is 11.1 Å². The monoisotopic (exact) mass is 276 g/mol. The van der Waals surface area contributed by atoms with Gasteiger partial charge >= 0.3 is 0 Å². The molecule has 1 aliphatic rings. The minimum Gasteiger partial charge on any atom is -0.384 e. The lowest BCUT2D eigenvalue weighted by molar-refractivity contribution is 0.457. The topological polar surface area (TPSA) is 63.8 Å². The molecule has 20 heavy (non-hydrogen) atoms. The first-order valence-electron chi connectivity index (χ1n) is 7.35. The molecule has 1 aliphatic carbocycles. The summed E-state index contributed by atoms with van der Waals surface area (Å²) in [6.45, 7) is 16.5. The zero-order chi connectivity index (χ0) is 15.3. The standard InChI is InChI=1S/C16H28N4/c1-14(2,3)13-19-11(17)8-12(20-13)18-9-10-15(4,5)16(10,6)7/h8,10H,9H2,1-7H3,(H3,17,18,19,20). The van der Waals surface area contributed by atoms with Crippen molar-refractivity contribution >= 4 is 11.6 Å². The Hall–Kier alpha value is -1.32. The van der Waals surface area contributed by atoms with Crippen molar-refractivity contribution in [1.82, 2.24) is 9.97 Å². The summed E-state index contributed by atoms with van der Waals surface area (Å²) in [7, 11) is 0. The van der Waals surface area contributed by atoms with E-state index in [0.717, 1.165) is 18.2 Å². The normalized spacial score (nSPS) is 20.8. The number of hydrogen-bond acceptors (Lipinski definition) is 4. The van der Waals surface area contributed by atoms with Crippen LogP contribution in [0.1, 0.15) is 54.3 Å². The van der Waals surface area contributed by atoms with E-state index in [2.05, 4.69) is 63.8 Å². The van der Waals surface area contributed by atoms with Crippen LogP contribution in [0.2, 0.25) is 0 Å². The maximum Gasteiger partial charge on any atom is 0.138 e. The van der Waals surface area contributed by atoms with Gasteiger partial charge in [0.25, 0.3) is 0 Å². The van der Waals surface area contributed by atoms with Gasteiger partial charge in [-0.05, 0) is 16.7 Å². The highest BCUT2D eigenvalue weighted by atomic mass is 15.1. The summed E-state index contributed by atoms with van der Waals surface area (Å²) in [5.74, 6) is 2.81.